The Labute approximate surface area is 145 Å². The standard InChI is InChI=1S/C16H22N4O5/c1-8(21)25-16(14(5,6)7)10(20-18)11(22)15(24,13(2,3)4)9(19-17)12(16)23/h24H,1-7H3. The van der Waals surface area contributed by atoms with E-state index in [1.54, 1.807) is 0 Å². The molecule has 0 amide bonds. The maximum atomic E-state index is 13.2. The molecule has 25 heavy (non-hydrogen) atoms. The van der Waals surface area contributed by atoms with Crippen LogP contribution in [0.2, 0.25) is 0 Å². The van der Waals surface area contributed by atoms with E-state index in [0.29, 0.717) is 0 Å². The normalized spacial score (nSPS) is 27.7. The molecule has 0 radical (unpaired) electrons. The first-order chi connectivity index (χ1) is 11.1. The van der Waals surface area contributed by atoms with Crippen LogP contribution in [0.4, 0.5) is 0 Å². The molecule has 0 aromatic rings. The summed E-state index contributed by atoms with van der Waals surface area (Å²) in [6, 6.07) is 0. The van der Waals surface area contributed by atoms with Crippen LogP contribution < -0.4 is 0 Å². The first-order valence-corrected chi connectivity index (χ1v) is 7.59. The van der Waals surface area contributed by atoms with Gasteiger partial charge in [0.25, 0.3) is 17.2 Å². The van der Waals surface area contributed by atoms with Crippen LogP contribution in [-0.2, 0) is 19.1 Å². The van der Waals surface area contributed by atoms with E-state index in [1.807, 2.05) is 0 Å². The van der Waals surface area contributed by atoms with Gasteiger partial charge < -0.3 is 20.9 Å². The highest BCUT2D eigenvalue weighted by Crippen LogP contribution is 2.45. The van der Waals surface area contributed by atoms with Crippen molar-refractivity contribution in [2.75, 3.05) is 0 Å². The van der Waals surface area contributed by atoms with Crippen molar-refractivity contribution < 1.29 is 33.8 Å². The third kappa shape index (κ3) is 2.57. The zero-order valence-electron chi connectivity index (χ0n) is 15.4. The van der Waals surface area contributed by atoms with Crippen LogP contribution in [0.3, 0.4) is 0 Å². The molecule has 1 aliphatic carbocycles. The number of aliphatic hydroxyl groups is 1. The predicted octanol–water partition coefficient (Wildman–Crippen LogP) is 0.605. The second-order valence-corrected chi connectivity index (χ2v) is 8.04. The van der Waals surface area contributed by atoms with Crippen molar-refractivity contribution in [2.45, 2.75) is 59.7 Å². The highest BCUT2D eigenvalue weighted by molar-refractivity contribution is 6.67. The van der Waals surface area contributed by atoms with E-state index < -0.39 is 51.0 Å². The van der Waals surface area contributed by atoms with Gasteiger partial charge in [0, 0.05) is 17.8 Å². The fourth-order valence-corrected chi connectivity index (χ4v) is 2.97. The van der Waals surface area contributed by atoms with Gasteiger partial charge in [-0.2, -0.15) is 9.58 Å². The summed E-state index contributed by atoms with van der Waals surface area (Å²) in [5.41, 5.74) is 9.64. The Bertz CT molecular complexity index is 760. The number of esters is 1. The Hall–Kier alpha value is -2.47. The Morgan fingerprint density at radius 3 is 1.68 bits per heavy atom. The molecule has 0 saturated heterocycles. The number of ether oxygens (including phenoxy) is 1. The minimum atomic E-state index is -2.57. The Balaban J connectivity index is 4.05. The maximum absolute atomic E-state index is 13.2. The molecule has 9 nitrogen and oxygen atoms in total. The van der Waals surface area contributed by atoms with E-state index in [4.69, 9.17) is 4.74 Å². The van der Waals surface area contributed by atoms with Gasteiger partial charge in [-0.15, -0.1) is 0 Å². The first-order valence-electron chi connectivity index (χ1n) is 7.59. The van der Waals surface area contributed by atoms with Crippen molar-refractivity contribution >= 4 is 29.0 Å². The molecular formula is C16H22N4O5. The van der Waals surface area contributed by atoms with Crippen LogP contribution in [0.1, 0.15) is 48.5 Å². The minimum Gasteiger partial charge on any atom is -0.437 e. The third-order valence-corrected chi connectivity index (χ3v) is 4.39. The van der Waals surface area contributed by atoms with Crippen molar-refractivity contribution in [1.82, 2.24) is 0 Å². The van der Waals surface area contributed by atoms with Gasteiger partial charge in [-0.05, 0) is 0 Å². The molecule has 1 rings (SSSR count). The number of ketones is 2. The summed E-state index contributed by atoms with van der Waals surface area (Å²) < 4.78 is 5.16. The summed E-state index contributed by atoms with van der Waals surface area (Å²) in [4.78, 5) is 43.6. The largest absolute Gasteiger partial charge is 0.437 e. The molecular weight excluding hydrogens is 328 g/mol. The molecule has 2 atom stereocenters. The summed E-state index contributed by atoms with van der Waals surface area (Å²) >= 11 is 0. The van der Waals surface area contributed by atoms with Crippen LogP contribution in [0.25, 0.3) is 11.1 Å². The number of Topliss-reactive ketones (excluding diaryl/α,β-unsaturated/α-hetero) is 2. The second-order valence-electron chi connectivity index (χ2n) is 8.04. The highest BCUT2D eigenvalue weighted by Gasteiger charge is 2.79. The number of carbonyl (C=O) groups is 3. The van der Waals surface area contributed by atoms with Crippen molar-refractivity contribution in [3.8, 4) is 0 Å². The molecule has 0 spiro atoms. The van der Waals surface area contributed by atoms with Gasteiger partial charge in [-0.1, -0.05) is 41.5 Å². The van der Waals surface area contributed by atoms with Crippen molar-refractivity contribution in [2.24, 2.45) is 10.8 Å². The van der Waals surface area contributed by atoms with Gasteiger partial charge >= 0.3 is 17.4 Å². The smallest absolute Gasteiger partial charge is 0.390 e. The SMILES string of the molecule is CC(=O)OC1(C(C)(C)C)C(=O)C(=[N+]=[N-])C(O)(C(C)(C)C)C(=O)C1=[N+]=[N-]. The molecule has 1 aliphatic rings. The average Bonchev–Trinajstić information content (AvgIpc) is 2.42. The summed E-state index contributed by atoms with van der Waals surface area (Å²) in [5.74, 6) is -3.25. The molecule has 0 aromatic carbocycles. The highest BCUT2D eigenvalue weighted by atomic mass is 16.6. The second kappa shape index (κ2) is 5.81. The van der Waals surface area contributed by atoms with Gasteiger partial charge in [0.1, 0.15) is 0 Å². The lowest BCUT2D eigenvalue weighted by Crippen LogP contribution is -2.77. The lowest BCUT2D eigenvalue weighted by atomic mass is 9.56. The first kappa shape index (κ1) is 20.6. The van der Waals surface area contributed by atoms with E-state index in [0.717, 1.165) is 6.92 Å². The summed E-state index contributed by atoms with van der Waals surface area (Å²) in [7, 11) is 0. The molecule has 1 fully saturated rings. The summed E-state index contributed by atoms with van der Waals surface area (Å²) in [6.45, 7) is 9.76. The van der Waals surface area contributed by atoms with Gasteiger partial charge in [0.15, 0.2) is 0 Å². The van der Waals surface area contributed by atoms with Gasteiger partial charge in [0.05, 0.1) is 0 Å². The van der Waals surface area contributed by atoms with Gasteiger partial charge in [0.2, 0.25) is 5.60 Å². The number of carbonyl (C=O) groups excluding carboxylic acids is 3. The van der Waals surface area contributed by atoms with Crippen molar-refractivity contribution in [3.05, 3.63) is 11.1 Å². The molecule has 1 saturated carbocycles. The van der Waals surface area contributed by atoms with Crippen LogP contribution in [0.5, 0.6) is 0 Å². The monoisotopic (exact) mass is 350 g/mol. The Kier molecular flexibility index (Phi) is 4.78. The quantitative estimate of drug-likeness (QED) is 0.417. The van der Waals surface area contributed by atoms with Crippen molar-refractivity contribution in [3.63, 3.8) is 0 Å². The van der Waals surface area contributed by atoms with Crippen LogP contribution >= 0.6 is 0 Å². The summed E-state index contributed by atoms with van der Waals surface area (Å²) in [5, 5.41) is 10.9. The fraction of sp³-hybridized carbons (Fsp3) is 0.688. The number of hydrogen-bond acceptors (Lipinski definition) is 5. The van der Waals surface area contributed by atoms with E-state index in [-0.39, 0.29) is 0 Å². The minimum absolute atomic E-state index is 0.829. The molecule has 0 heterocycles. The Morgan fingerprint density at radius 1 is 0.960 bits per heavy atom. The third-order valence-electron chi connectivity index (χ3n) is 4.39. The van der Waals surface area contributed by atoms with Crippen LogP contribution in [-0.4, -0.2) is 54.8 Å². The zero-order valence-corrected chi connectivity index (χ0v) is 15.4. The maximum Gasteiger partial charge on any atom is 0.390 e. The fourth-order valence-electron chi connectivity index (χ4n) is 2.97. The molecule has 0 aromatic heterocycles. The van der Waals surface area contributed by atoms with Crippen LogP contribution in [0.15, 0.2) is 0 Å². The summed E-state index contributed by atoms with van der Waals surface area (Å²) in [6.07, 6.45) is 0. The number of rotatable bonds is 1. The zero-order chi connectivity index (χ0) is 20.0. The number of hydrogen-bond donors (Lipinski definition) is 1. The molecule has 0 aliphatic heterocycles. The molecule has 0 bridgehead atoms. The molecule has 136 valence electrons. The molecule has 1 N–H and O–H groups in total. The Morgan fingerprint density at radius 2 is 1.40 bits per heavy atom. The predicted molar refractivity (Wildman–Crippen MR) is 85.6 cm³/mol. The topological polar surface area (TPSA) is 153 Å². The van der Waals surface area contributed by atoms with E-state index in [2.05, 4.69) is 9.58 Å². The number of nitrogens with zero attached hydrogens (tertiary/aromatic N) is 4. The average molecular weight is 350 g/mol. The van der Waals surface area contributed by atoms with Crippen LogP contribution in [0, 0.1) is 10.8 Å². The van der Waals surface area contributed by atoms with E-state index >= 15 is 0 Å². The van der Waals surface area contributed by atoms with E-state index in [1.165, 1.54) is 41.5 Å². The van der Waals surface area contributed by atoms with E-state index in [9.17, 15) is 30.6 Å². The molecule has 9 heteroatoms. The van der Waals surface area contributed by atoms with Gasteiger partial charge in [-0.25, -0.2) is 0 Å². The lowest BCUT2D eigenvalue weighted by molar-refractivity contribution is -0.180. The van der Waals surface area contributed by atoms with Gasteiger partial charge in [-0.3, -0.25) is 14.4 Å². The van der Waals surface area contributed by atoms with Crippen molar-refractivity contribution in [1.29, 1.82) is 0 Å². The lowest BCUT2D eigenvalue weighted by Gasteiger charge is -2.44. The molecule has 2 unspecified atom stereocenters.